The van der Waals surface area contributed by atoms with Crippen LogP contribution < -0.4 is 0 Å². The molecule has 23 heavy (non-hydrogen) atoms. The highest BCUT2D eigenvalue weighted by molar-refractivity contribution is 5.95. The summed E-state index contributed by atoms with van der Waals surface area (Å²) in [5, 5.41) is 0. The largest absolute Gasteiger partial charge is 0.462 e. The third-order valence-corrected chi connectivity index (χ3v) is 4.56. The second-order valence-corrected chi connectivity index (χ2v) is 6.28. The lowest BCUT2D eigenvalue weighted by Gasteiger charge is -2.28. The zero-order chi connectivity index (χ0) is 16.1. The quantitative estimate of drug-likeness (QED) is 0.688. The second-order valence-electron chi connectivity index (χ2n) is 6.28. The van der Waals surface area contributed by atoms with Gasteiger partial charge in [-0.1, -0.05) is 6.07 Å². The molecule has 2 aliphatic heterocycles. The van der Waals surface area contributed by atoms with E-state index in [-0.39, 0.29) is 12.6 Å². The Kier molecular flexibility index (Phi) is 5.28. The fourth-order valence-electron chi connectivity index (χ4n) is 3.14. The van der Waals surface area contributed by atoms with Crippen LogP contribution in [0.1, 0.15) is 46.4 Å². The van der Waals surface area contributed by atoms with E-state index < -0.39 is 5.97 Å². The van der Waals surface area contributed by atoms with Crippen LogP contribution in [-0.2, 0) is 14.2 Å². The number of esters is 2. The Labute approximate surface area is 135 Å². The molecular formula is C18H22O5. The van der Waals surface area contributed by atoms with Crippen LogP contribution in [0.3, 0.4) is 0 Å². The first-order chi connectivity index (χ1) is 11.2. The Morgan fingerprint density at radius 2 is 1.39 bits per heavy atom. The van der Waals surface area contributed by atoms with E-state index in [1.165, 1.54) is 6.07 Å². The number of ether oxygens (including phenoxy) is 3. The smallest absolute Gasteiger partial charge is 0.338 e. The van der Waals surface area contributed by atoms with E-state index in [9.17, 15) is 9.59 Å². The number of fused-ring (bicyclic) bond motifs is 9. The predicted octanol–water partition coefficient (Wildman–Crippen LogP) is 2.84. The van der Waals surface area contributed by atoms with Gasteiger partial charge in [-0.15, -0.1) is 0 Å². The first kappa shape index (κ1) is 16.0. The average Bonchev–Trinajstić information content (AvgIpc) is 2.59. The molecule has 1 fully saturated rings. The topological polar surface area (TPSA) is 61.8 Å². The first-order valence-electron chi connectivity index (χ1n) is 8.24. The summed E-state index contributed by atoms with van der Waals surface area (Å²) in [6.45, 7) is 1.79. The molecule has 0 radical (unpaired) electrons. The molecular weight excluding hydrogens is 296 g/mol. The molecule has 0 aromatic heterocycles. The number of benzene rings is 1. The molecule has 0 unspecified atom stereocenters. The van der Waals surface area contributed by atoms with Crippen LogP contribution >= 0.6 is 0 Å². The summed E-state index contributed by atoms with van der Waals surface area (Å²) in [5.41, 5.74) is 0.740. The van der Waals surface area contributed by atoms with Gasteiger partial charge < -0.3 is 14.2 Å². The Morgan fingerprint density at radius 1 is 0.783 bits per heavy atom. The van der Waals surface area contributed by atoms with Gasteiger partial charge in [0.1, 0.15) is 6.61 Å². The van der Waals surface area contributed by atoms with Crippen LogP contribution in [0.2, 0.25) is 0 Å². The third-order valence-electron chi connectivity index (χ3n) is 4.56. The van der Waals surface area contributed by atoms with Crippen molar-refractivity contribution in [1.29, 1.82) is 0 Å². The van der Waals surface area contributed by atoms with E-state index in [2.05, 4.69) is 0 Å². The summed E-state index contributed by atoms with van der Waals surface area (Å²) in [6, 6.07) is 6.47. The number of hydrogen-bond donors (Lipinski definition) is 0. The minimum atomic E-state index is -0.447. The van der Waals surface area contributed by atoms with Gasteiger partial charge >= 0.3 is 11.9 Å². The SMILES string of the molecule is O=C1OCCOCC2CCC(CC2)COC(=O)c2cccc1c2. The van der Waals surface area contributed by atoms with Crippen LogP contribution in [0.5, 0.6) is 0 Å². The molecule has 1 saturated carbocycles. The summed E-state index contributed by atoms with van der Waals surface area (Å²) in [6.07, 6.45) is 4.32. The lowest BCUT2D eigenvalue weighted by Crippen LogP contribution is -2.24. The Morgan fingerprint density at radius 3 is 2.09 bits per heavy atom. The van der Waals surface area contributed by atoms with Crippen molar-refractivity contribution in [3.05, 3.63) is 35.4 Å². The number of carbonyl (C=O) groups excluding carboxylic acids is 2. The summed E-state index contributed by atoms with van der Waals surface area (Å²) in [5.74, 6) is 0.156. The molecule has 1 aromatic rings. The highest BCUT2D eigenvalue weighted by Crippen LogP contribution is 2.29. The van der Waals surface area contributed by atoms with Gasteiger partial charge in [0.25, 0.3) is 0 Å². The third kappa shape index (κ3) is 4.32. The Hall–Kier alpha value is -1.88. The van der Waals surface area contributed by atoms with Gasteiger partial charge in [-0.05, 0) is 55.7 Å². The standard InChI is InChI=1S/C18H22O5/c19-17-15-2-1-3-16(10-15)18(20)23-12-14-6-4-13(5-7-14)11-21-8-9-22-17/h1-3,10,13-14H,4-9,11-12H2. The highest BCUT2D eigenvalue weighted by Gasteiger charge is 2.23. The number of hydrogen-bond acceptors (Lipinski definition) is 5. The summed E-state index contributed by atoms with van der Waals surface area (Å²) in [7, 11) is 0. The van der Waals surface area contributed by atoms with Crippen LogP contribution in [0, 0.1) is 11.8 Å². The normalized spacial score (nSPS) is 26.4. The van der Waals surface area contributed by atoms with Crippen molar-refractivity contribution in [2.24, 2.45) is 11.8 Å². The van der Waals surface area contributed by atoms with Crippen LogP contribution in [0.25, 0.3) is 0 Å². The molecule has 4 bridgehead atoms. The van der Waals surface area contributed by atoms with E-state index in [1.54, 1.807) is 18.2 Å². The lowest BCUT2D eigenvalue weighted by atomic mass is 9.83. The van der Waals surface area contributed by atoms with E-state index in [0.717, 1.165) is 25.7 Å². The maximum Gasteiger partial charge on any atom is 0.338 e. The molecule has 2 heterocycles. The van der Waals surface area contributed by atoms with Crippen molar-refractivity contribution in [2.75, 3.05) is 26.4 Å². The maximum atomic E-state index is 12.2. The van der Waals surface area contributed by atoms with Gasteiger partial charge in [0.05, 0.1) is 24.3 Å². The molecule has 0 amide bonds. The molecule has 124 valence electrons. The van der Waals surface area contributed by atoms with Gasteiger partial charge in [0.2, 0.25) is 0 Å². The molecule has 0 saturated heterocycles. The number of carbonyl (C=O) groups is 2. The van der Waals surface area contributed by atoms with E-state index in [4.69, 9.17) is 14.2 Å². The fraction of sp³-hybridized carbons (Fsp3) is 0.556. The summed E-state index contributed by atoms with van der Waals surface area (Å²) < 4.78 is 16.2. The molecule has 0 spiro atoms. The van der Waals surface area contributed by atoms with Crippen molar-refractivity contribution >= 4 is 11.9 Å². The van der Waals surface area contributed by atoms with E-state index in [0.29, 0.717) is 42.8 Å². The van der Waals surface area contributed by atoms with Gasteiger partial charge in [-0.2, -0.15) is 0 Å². The van der Waals surface area contributed by atoms with Crippen molar-refractivity contribution in [2.45, 2.75) is 25.7 Å². The van der Waals surface area contributed by atoms with E-state index in [1.807, 2.05) is 0 Å². The summed E-state index contributed by atoms with van der Waals surface area (Å²) in [4.78, 5) is 24.1. The van der Waals surface area contributed by atoms with Gasteiger partial charge in [-0.3, -0.25) is 0 Å². The first-order valence-corrected chi connectivity index (χ1v) is 8.24. The minimum Gasteiger partial charge on any atom is -0.462 e. The zero-order valence-corrected chi connectivity index (χ0v) is 13.2. The van der Waals surface area contributed by atoms with E-state index >= 15 is 0 Å². The van der Waals surface area contributed by atoms with Crippen LogP contribution in [0.15, 0.2) is 24.3 Å². The second kappa shape index (κ2) is 7.59. The van der Waals surface area contributed by atoms with Crippen molar-refractivity contribution in [3.8, 4) is 0 Å². The highest BCUT2D eigenvalue weighted by atomic mass is 16.6. The zero-order valence-electron chi connectivity index (χ0n) is 13.2. The van der Waals surface area contributed by atoms with Crippen molar-refractivity contribution in [1.82, 2.24) is 0 Å². The predicted molar refractivity (Wildman–Crippen MR) is 83.3 cm³/mol. The number of rotatable bonds is 0. The molecule has 1 aromatic carbocycles. The fourth-order valence-corrected chi connectivity index (χ4v) is 3.14. The van der Waals surface area contributed by atoms with Crippen LogP contribution in [0.4, 0.5) is 0 Å². The van der Waals surface area contributed by atoms with Gasteiger partial charge in [0.15, 0.2) is 0 Å². The van der Waals surface area contributed by atoms with Crippen molar-refractivity contribution < 1.29 is 23.8 Å². The molecule has 0 atom stereocenters. The minimum absolute atomic E-state index is 0.225. The van der Waals surface area contributed by atoms with Gasteiger partial charge in [0, 0.05) is 6.61 Å². The van der Waals surface area contributed by atoms with Gasteiger partial charge in [-0.25, -0.2) is 9.59 Å². The van der Waals surface area contributed by atoms with Crippen molar-refractivity contribution in [3.63, 3.8) is 0 Å². The molecule has 5 nitrogen and oxygen atoms in total. The van der Waals surface area contributed by atoms with Crippen LogP contribution in [-0.4, -0.2) is 38.4 Å². The molecule has 4 rings (SSSR count). The molecule has 1 aliphatic carbocycles. The maximum absolute atomic E-state index is 12.2. The summed E-state index contributed by atoms with van der Waals surface area (Å²) >= 11 is 0. The average molecular weight is 318 g/mol. The lowest BCUT2D eigenvalue weighted by molar-refractivity contribution is 0.0169. The Balaban J connectivity index is 1.72. The molecule has 3 aliphatic rings. The molecule has 5 heteroatoms. The Bertz CT molecular complexity index is 558. The molecule has 0 N–H and O–H groups in total. The monoisotopic (exact) mass is 318 g/mol.